The molecule has 0 radical (unpaired) electrons. The van der Waals surface area contributed by atoms with Crippen LogP contribution in [0.15, 0.2) is 47.6 Å². The van der Waals surface area contributed by atoms with Crippen molar-refractivity contribution in [2.24, 2.45) is 5.10 Å². The van der Waals surface area contributed by atoms with Gasteiger partial charge in [-0.05, 0) is 26.0 Å². The maximum atomic E-state index is 13.4. The van der Waals surface area contributed by atoms with E-state index in [1.54, 1.807) is 32.0 Å². The zero-order valence-electron chi connectivity index (χ0n) is 13.7. The van der Waals surface area contributed by atoms with Crippen molar-refractivity contribution in [3.63, 3.8) is 0 Å². The molecule has 0 bridgehead atoms. The standard InChI is InChI=1S/C17H16FN3O4/c1-11-7-8-13(9-15(11)21(23)24)12(2)19-20-17(22)10-25-16-6-4-3-5-14(16)18/h3-9H,10H2,1-2H3,(H,20,22)/b19-12-. The van der Waals surface area contributed by atoms with Gasteiger partial charge in [-0.25, -0.2) is 9.82 Å². The van der Waals surface area contributed by atoms with Crippen LogP contribution in [0, 0.1) is 22.9 Å². The van der Waals surface area contributed by atoms with E-state index >= 15 is 0 Å². The van der Waals surface area contributed by atoms with E-state index in [0.717, 1.165) is 0 Å². The third kappa shape index (κ3) is 4.84. The average molecular weight is 345 g/mol. The quantitative estimate of drug-likeness (QED) is 0.495. The van der Waals surface area contributed by atoms with Crippen molar-refractivity contribution in [1.29, 1.82) is 0 Å². The number of benzene rings is 2. The highest BCUT2D eigenvalue weighted by molar-refractivity contribution is 5.99. The van der Waals surface area contributed by atoms with Crippen molar-refractivity contribution in [1.82, 2.24) is 5.43 Å². The number of amides is 1. The fourth-order valence-electron chi connectivity index (χ4n) is 1.98. The third-order valence-corrected chi connectivity index (χ3v) is 3.37. The van der Waals surface area contributed by atoms with E-state index < -0.39 is 23.3 Å². The van der Waals surface area contributed by atoms with E-state index in [0.29, 0.717) is 16.8 Å². The zero-order valence-corrected chi connectivity index (χ0v) is 13.7. The molecule has 0 aromatic heterocycles. The van der Waals surface area contributed by atoms with Crippen molar-refractivity contribution < 1.29 is 18.8 Å². The number of nitro groups is 1. The molecule has 130 valence electrons. The molecule has 0 unspecified atom stereocenters. The second kappa shape index (κ2) is 8.00. The number of nitrogens with zero attached hydrogens (tertiary/aromatic N) is 2. The molecule has 1 amide bonds. The first-order chi connectivity index (χ1) is 11.9. The van der Waals surface area contributed by atoms with Gasteiger partial charge in [-0.3, -0.25) is 14.9 Å². The zero-order chi connectivity index (χ0) is 18.4. The number of nitrogens with one attached hydrogen (secondary N) is 1. The summed E-state index contributed by atoms with van der Waals surface area (Å²) in [7, 11) is 0. The number of para-hydroxylation sites is 1. The number of hydrogen-bond donors (Lipinski definition) is 1. The van der Waals surface area contributed by atoms with E-state index in [4.69, 9.17) is 4.74 Å². The van der Waals surface area contributed by atoms with Crippen LogP contribution < -0.4 is 10.2 Å². The highest BCUT2D eigenvalue weighted by Gasteiger charge is 2.12. The van der Waals surface area contributed by atoms with Crippen molar-refractivity contribution in [3.05, 3.63) is 69.5 Å². The molecule has 0 aliphatic carbocycles. The smallest absolute Gasteiger partial charge is 0.277 e. The number of hydrogen-bond acceptors (Lipinski definition) is 5. The van der Waals surface area contributed by atoms with Gasteiger partial charge in [0.05, 0.1) is 10.6 Å². The Bertz CT molecular complexity index is 836. The summed E-state index contributed by atoms with van der Waals surface area (Å²) in [6, 6.07) is 10.4. The van der Waals surface area contributed by atoms with Crippen LogP contribution in [-0.4, -0.2) is 23.1 Å². The first-order valence-corrected chi connectivity index (χ1v) is 7.34. The van der Waals surface area contributed by atoms with Crippen LogP contribution in [0.4, 0.5) is 10.1 Å². The minimum absolute atomic E-state index is 0.0266. The first-order valence-electron chi connectivity index (χ1n) is 7.34. The lowest BCUT2D eigenvalue weighted by Crippen LogP contribution is -2.25. The predicted octanol–water partition coefficient (Wildman–Crippen LogP) is 2.96. The first kappa shape index (κ1) is 18.1. The number of hydrazone groups is 1. The number of carbonyl (C=O) groups excluding carboxylic acids is 1. The Morgan fingerprint density at radius 3 is 2.72 bits per heavy atom. The monoisotopic (exact) mass is 345 g/mol. The molecule has 0 atom stereocenters. The fraction of sp³-hybridized carbons (Fsp3) is 0.176. The van der Waals surface area contributed by atoms with Gasteiger partial charge in [0.2, 0.25) is 0 Å². The van der Waals surface area contributed by atoms with Gasteiger partial charge in [0.15, 0.2) is 18.2 Å². The van der Waals surface area contributed by atoms with E-state index in [1.165, 1.54) is 24.3 Å². The van der Waals surface area contributed by atoms with Crippen LogP contribution >= 0.6 is 0 Å². The van der Waals surface area contributed by atoms with Crippen molar-refractivity contribution >= 4 is 17.3 Å². The Hall–Kier alpha value is -3.29. The Balaban J connectivity index is 1.99. The van der Waals surface area contributed by atoms with Crippen LogP contribution in [0.2, 0.25) is 0 Å². The summed E-state index contributed by atoms with van der Waals surface area (Å²) < 4.78 is 18.4. The molecule has 8 heteroatoms. The molecular formula is C17H16FN3O4. The molecule has 2 aromatic carbocycles. The van der Waals surface area contributed by atoms with Gasteiger partial charge in [0.25, 0.3) is 11.6 Å². The summed E-state index contributed by atoms with van der Waals surface area (Å²) >= 11 is 0. The largest absolute Gasteiger partial charge is 0.481 e. The third-order valence-electron chi connectivity index (χ3n) is 3.37. The average Bonchev–Trinajstić information content (AvgIpc) is 2.59. The molecule has 0 saturated carbocycles. The maximum Gasteiger partial charge on any atom is 0.277 e. The molecule has 2 aromatic rings. The van der Waals surface area contributed by atoms with Gasteiger partial charge in [-0.2, -0.15) is 5.10 Å². The highest BCUT2D eigenvalue weighted by Crippen LogP contribution is 2.19. The summed E-state index contributed by atoms with van der Waals surface area (Å²) in [6.45, 7) is 2.83. The van der Waals surface area contributed by atoms with Gasteiger partial charge in [-0.1, -0.05) is 24.3 Å². The van der Waals surface area contributed by atoms with Crippen LogP contribution in [0.25, 0.3) is 0 Å². The minimum Gasteiger partial charge on any atom is -0.481 e. The van der Waals surface area contributed by atoms with Crippen molar-refractivity contribution in [2.45, 2.75) is 13.8 Å². The molecule has 2 rings (SSSR count). The van der Waals surface area contributed by atoms with Gasteiger partial charge >= 0.3 is 0 Å². The number of ether oxygens (including phenoxy) is 1. The van der Waals surface area contributed by atoms with E-state index in [-0.39, 0.29) is 11.4 Å². The molecule has 0 saturated heterocycles. The van der Waals surface area contributed by atoms with Gasteiger partial charge in [-0.15, -0.1) is 0 Å². The molecule has 1 N–H and O–H groups in total. The number of carbonyl (C=O) groups is 1. The lowest BCUT2D eigenvalue weighted by molar-refractivity contribution is -0.385. The molecule has 7 nitrogen and oxygen atoms in total. The van der Waals surface area contributed by atoms with Gasteiger partial charge < -0.3 is 4.74 Å². The molecule has 0 fully saturated rings. The molecule has 0 aliphatic heterocycles. The summed E-state index contributed by atoms with van der Waals surface area (Å²) in [4.78, 5) is 22.2. The Kier molecular flexibility index (Phi) is 5.78. The molecule has 0 spiro atoms. The molecular weight excluding hydrogens is 329 g/mol. The Labute approximate surface area is 143 Å². The van der Waals surface area contributed by atoms with E-state index in [1.807, 2.05) is 0 Å². The van der Waals surface area contributed by atoms with Crippen LogP contribution in [0.1, 0.15) is 18.1 Å². The van der Waals surface area contributed by atoms with Crippen LogP contribution in [0.3, 0.4) is 0 Å². The van der Waals surface area contributed by atoms with Crippen molar-refractivity contribution in [2.75, 3.05) is 6.61 Å². The minimum atomic E-state index is -0.579. The molecule has 0 aliphatic rings. The number of aryl methyl sites for hydroxylation is 1. The maximum absolute atomic E-state index is 13.4. The summed E-state index contributed by atoms with van der Waals surface area (Å²) in [5.74, 6) is -1.18. The summed E-state index contributed by atoms with van der Waals surface area (Å²) in [5, 5.41) is 14.8. The van der Waals surface area contributed by atoms with Crippen molar-refractivity contribution in [3.8, 4) is 5.75 Å². The van der Waals surface area contributed by atoms with Crippen LogP contribution in [0.5, 0.6) is 5.75 Å². The van der Waals surface area contributed by atoms with E-state index in [2.05, 4.69) is 10.5 Å². The predicted molar refractivity (Wildman–Crippen MR) is 90.1 cm³/mol. The fourth-order valence-corrected chi connectivity index (χ4v) is 1.98. The summed E-state index contributed by atoms with van der Waals surface area (Å²) in [5.41, 5.74) is 3.67. The Morgan fingerprint density at radius 1 is 1.32 bits per heavy atom. The lowest BCUT2D eigenvalue weighted by Gasteiger charge is -2.07. The van der Waals surface area contributed by atoms with Gasteiger partial charge in [0, 0.05) is 17.2 Å². The number of rotatable bonds is 6. The Morgan fingerprint density at radius 2 is 2.04 bits per heavy atom. The van der Waals surface area contributed by atoms with Crippen LogP contribution in [-0.2, 0) is 4.79 Å². The van der Waals surface area contributed by atoms with Gasteiger partial charge in [0.1, 0.15) is 0 Å². The highest BCUT2D eigenvalue weighted by atomic mass is 19.1. The SMILES string of the molecule is C/C(=N/NC(=O)COc1ccccc1F)c1ccc(C)c([N+](=O)[O-])c1. The second-order valence-corrected chi connectivity index (χ2v) is 5.21. The summed E-state index contributed by atoms with van der Waals surface area (Å²) in [6.07, 6.45) is 0. The second-order valence-electron chi connectivity index (χ2n) is 5.21. The number of halogens is 1. The molecule has 25 heavy (non-hydrogen) atoms. The topological polar surface area (TPSA) is 93.8 Å². The normalized spacial score (nSPS) is 11.1. The molecule has 0 heterocycles. The lowest BCUT2D eigenvalue weighted by atomic mass is 10.1. The van der Waals surface area contributed by atoms with E-state index in [9.17, 15) is 19.3 Å². The number of nitro benzene ring substituents is 1.